The highest BCUT2D eigenvalue weighted by Crippen LogP contribution is 2.36. The second kappa shape index (κ2) is 6.55. The Labute approximate surface area is 137 Å². The van der Waals surface area contributed by atoms with Gasteiger partial charge in [0.15, 0.2) is 0 Å². The average molecular weight is 310 g/mol. The molecule has 1 heteroatoms. The highest BCUT2D eigenvalue weighted by atomic mass is 31.0. The first kappa shape index (κ1) is 15.8. The van der Waals surface area contributed by atoms with Crippen LogP contribution >= 0.6 is 9.24 Å². The van der Waals surface area contributed by atoms with E-state index in [1.54, 1.807) is 0 Å². The van der Waals surface area contributed by atoms with Crippen LogP contribution in [0.5, 0.6) is 0 Å². The largest absolute Gasteiger partial charge is 0.134 e. The van der Waals surface area contributed by atoms with E-state index in [2.05, 4.69) is 66.4 Å². The van der Waals surface area contributed by atoms with Crippen LogP contribution in [0.4, 0.5) is 0 Å². The van der Waals surface area contributed by atoms with Gasteiger partial charge in [0.2, 0.25) is 0 Å². The third kappa shape index (κ3) is 3.13. The Morgan fingerprint density at radius 3 is 2.05 bits per heavy atom. The van der Waals surface area contributed by atoms with E-state index in [1.807, 2.05) is 0 Å². The molecule has 0 heterocycles. The van der Waals surface area contributed by atoms with E-state index in [0.717, 1.165) is 11.6 Å². The van der Waals surface area contributed by atoms with Gasteiger partial charge in [0, 0.05) is 0 Å². The van der Waals surface area contributed by atoms with Crippen molar-refractivity contribution in [3.8, 4) is 11.1 Å². The molecular weight excluding hydrogens is 283 g/mol. The van der Waals surface area contributed by atoms with Crippen molar-refractivity contribution in [2.24, 2.45) is 0 Å². The van der Waals surface area contributed by atoms with E-state index < -0.39 is 0 Å². The third-order valence-corrected chi connectivity index (χ3v) is 6.19. The first-order valence-electron chi connectivity index (χ1n) is 8.49. The van der Waals surface area contributed by atoms with Gasteiger partial charge in [-0.15, -0.1) is 9.24 Å². The Hall–Kier alpha value is -1.13. The predicted octanol–water partition coefficient (Wildman–Crippen LogP) is 6.18. The molecule has 2 aromatic rings. The minimum Gasteiger partial charge on any atom is -0.134 e. The molecule has 1 aliphatic rings. The maximum absolute atomic E-state index is 3.00. The fraction of sp³-hybridized carbons (Fsp3) is 0.429. The summed E-state index contributed by atoms with van der Waals surface area (Å²) >= 11 is 0. The van der Waals surface area contributed by atoms with E-state index in [4.69, 9.17) is 0 Å². The molecular formula is C21H27P. The predicted molar refractivity (Wildman–Crippen MR) is 101 cm³/mol. The summed E-state index contributed by atoms with van der Waals surface area (Å²) in [5.74, 6) is 0.770. The summed E-state index contributed by atoms with van der Waals surface area (Å²) in [6.07, 6.45) is 5.40. The van der Waals surface area contributed by atoms with E-state index >= 15 is 0 Å². The fourth-order valence-corrected chi connectivity index (χ4v) is 4.04. The Kier molecular flexibility index (Phi) is 4.69. The van der Waals surface area contributed by atoms with Gasteiger partial charge in [-0.2, -0.15) is 0 Å². The molecule has 2 aromatic carbocycles. The maximum atomic E-state index is 3.00. The quantitative estimate of drug-likeness (QED) is 0.581. The van der Waals surface area contributed by atoms with Crippen LogP contribution in [0.25, 0.3) is 11.1 Å². The first-order valence-corrected chi connectivity index (χ1v) is 9.15. The minimum absolute atomic E-state index is 0.770. The summed E-state index contributed by atoms with van der Waals surface area (Å²) < 4.78 is 0. The molecule has 3 rings (SSSR count). The maximum Gasteiger partial charge on any atom is -0.0152 e. The fourth-order valence-electron chi connectivity index (χ4n) is 3.66. The van der Waals surface area contributed by atoms with Crippen LogP contribution < -0.4 is 0 Å². The first-order chi connectivity index (χ1) is 10.6. The molecule has 0 amide bonds. The summed E-state index contributed by atoms with van der Waals surface area (Å²) in [4.78, 5) is 0. The lowest BCUT2D eigenvalue weighted by Gasteiger charge is -2.26. The minimum atomic E-state index is 0.770. The summed E-state index contributed by atoms with van der Waals surface area (Å²) in [6.45, 7) is 6.66. The lowest BCUT2D eigenvalue weighted by molar-refractivity contribution is 0.453. The topological polar surface area (TPSA) is 0 Å². The van der Waals surface area contributed by atoms with Gasteiger partial charge in [0.1, 0.15) is 0 Å². The zero-order valence-electron chi connectivity index (χ0n) is 14.0. The van der Waals surface area contributed by atoms with Gasteiger partial charge in [-0.05, 0) is 91.4 Å². The number of aryl methyl sites for hydroxylation is 1. The molecule has 0 spiro atoms. The molecule has 1 atom stereocenters. The number of rotatable bonds is 2. The van der Waals surface area contributed by atoms with Gasteiger partial charge in [-0.25, -0.2) is 0 Å². The smallest absolute Gasteiger partial charge is 0.0152 e. The zero-order valence-corrected chi connectivity index (χ0v) is 15.2. The van der Waals surface area contributed by atoms with E-state index in [0.29, 0.717) is 0 Å². The van der Waals surface area contributed by atoms with Crippen LogP contribution in [-0.2, 0) is 0 Å². The molecule has 116 valence electrons. The Bertz CT molecular complexity index is 646. The molecule has 22 heavy (non-hydrogen) atoms. The van der Waals surface area contributed by atoms with Gasteiger partial charge < -0.3 is 0 Å². The van der Waals surface area contributed by atoms with Crippen molar-refractivity contribution in [2.75, 3.05) is 0 Å². The van der Waals surface area contributed by atoms with Gasteiger partial charge in [0.25, 0.3) is 0 Å². The van der Waals surface area contributed by atoms with Crippen molar-refractivity contribution < 1.29 is 0 Å². The number of hydrogen-bond donors (Lipinski definition) is 0. The van der Waals surface area contributed by atoms with E-state index in [-0.39, 0.29) is 0 Å². The van der Waals surface area contributed by atoms with E-state index in [9.17, 15) is 0 Å². The summed E-state index contributed by atoms with van der Waals surface area (Å²) in [7, 11) is 3.00. The number of hydrogen-bond acceptors (Lipinski definition) is 0. The van der Waals surface area contributed by atoms with Crippen LogP contribution in [0.3, 0.4) is 0 Å². The lowest BCUT2D eigenvalue weighted by Crippen LogP contribution is -2.12. The average Bonchev–Trinajstić information content (AvgIpc) is 2.54. The molecule has 0 nitrogen and oxygen atoms in total. The van der Waals surface area contributed by atoms with E-state index in [1.165, 1.54) is 59.1 Å². The zero-order chi connectivity index (χ0) is 15.7. The van der Waals surface area contributed by atoms with Crippen molar-refractivity contribution in [1.82, 2.24) is 0 Å². The normalized spacial score (nSPS) is 21.8. The Morgan fingerprint density at radius 2 is 1.41 bits per heavy atom. The second-order valence-corrected chi connectivity index (χ2v) is 7.86. The molecule has 1 aliphatic carbocycles. The van der Waals surface area contributed by atoms with Crippen molar-refractivity contribution in [3.63, 3.8) is 0 Å². The molecule has 0 radical (unpaired) electrons. The van der Waals surface area contributed by atoms with Crippen LogP contribution in [0.2, 0.25) is 0 Å². The molecule has 1 saturated carbocycles. The molecule has 0 aliphatic heterocycles. The van der Waals surface area contributed by atoms with Crippen LogP contribution in [0.1, 0.15) is 53.9 Å². The van der Waals surface area contributed by atoms with Crippen molar-refractivity contribution >= 4 is 9.24 Å². The molecule has 1 fully saturated rings. The lowest BCUT2D eigenvalue weighted by atomic mass is 9.83. The van der Waals surface area contributed by atoms with Crippen LogP contribution in [-0.4, -0.2) is 5.66 Å². The highest BCUT2D eigenvalue weighted by molar-refractivity contribution is 7.17. The summed E-state index contributed by atoms with van der Waals surface area (Å²) in [5, 5.41) is 0. The Morgan fingerprint density at radius 1 is 0.773 bits per heavy atom. The standard InChI is InChI=1S/C21H27P/c1-14-4-13-21(16(3)15(14)2)19-7-5-17(6-8-19)18-9-11-20(22)12-10-18/h4-8,13,18,20H,9-12,22H2,1-3H3. The third-order valence-electron chi connectivity index (χ3n) is 5.52. The molecule has 0 saturated heterocycles. The van der Waals surface area contributed by atoms with Crippen molar-refractivity contribution in [3.05, 3.63) is 58.7 Å². The van der Waals surface area contributed by atoms with Crippen molar-refractivity contribution in [2.45, 2.75) is 58.0 Å². The van der Waals surface area contributed by atoms with Gasteiger partial charge in [-0.1, -0.05) is 36.4 Å². The number of benzene rings is 2. The SMILES string of the molecule is Cc1ccc(-c2ccc(C3CCC(P)CC3)cc2)c(C)c1C. The highest BCUT2D eigenvalue weighted by Gasteiger charge is 2.19. The Balaban J connectivity index is 1.84. The van der Waals surface area contributed by atoms with Crippen LogP contribution in [0, 0.1) is 20.8 Å². The molecule has 0 aromatic heterocycles. The van der Waals surface area contributed by atoms with Gasteiger partial charge >= 0.3 is 0 Å². The van der Waals surface area contributed by atoms with Gasteiger partial charge in [0.05, 0.1) is 0 Å². The van der Waals surface area contributed by atoms with Crippen LogP contribution in [0.15, 0.2) is 36.4 Å². The summed E-state index contributed by atoms with van der Waals surface area (Å²) in [5.41, 5.74) is 9.31. The molecule has 0 N–H and O–H groups in total. The molecule has 0 bridgehead atoms. The molecule has 1 unspecified atom stereocenters. The second-order valence-electron chi connectivity index (χ2n) is 6.91. The monoisotopic (exact) mass is 310 g/mol. The summed E-state index contributed by atoms with van der Waals surface area (Å²) in [6, 6.07) is 13.9. The van der Waals surface area contributed by atoms with Crippen molar-refractivity contribution in [1.29, 1.82) is 0 Å². The van der Waals surface area contributed by atoms with Gasteiger partial charge in [-0.3, -0.25) is 0 Å².